The van der Waals surface area contributed by atoms with Crippen LogP contribution in [0.4, 0.5) is 0 Å². The number of carbonyl (C=O) groups excluding carboxylic acids is 1. The zero-order valence-corrected chi connectivity index (χ0v) is 24.0. The van der Waals surface area contributed by atoms with E-state index in [2.05, 4.69) is 10.6 Å². The molecule has 0 bridgehead atoms. The van der Waals surface area contributed by atoms with Crippen molar-refractivity contribution in [2.24, 2.45) is 0 Å². The lowest BCUT2D eigenvalue weighted by Gasteiger charge is -2.39. The lowest BCUT2D eigenvalue weighted by atomic mass is 9.95. The highest BCUT2D eigenvalue weighted by Crippen LogP contribution is 2.52. The fraction of sp³-hybridized carbons (Fsp3) is 0.212. The molecule has 0 fully saturated rings. The van der Waals surface area contributed by atoms with E-state index in [-0.39, 0.29) is 32.2 Å². The zero-order chi connectivity index (χ0) is 30.0. The van der Waals surface area contributed by atoms with Gasteiger partial charge in [0.15, 0.2) is 0 Å². The van der Waals surface area contributed by atoms with Crippen LogP contribution in [0.1, 0.15) is 23.1 Å². The molecule has 0 saturated heterocycles. The largest absolute Gasteiger partial charge is 0.481 e. The Morgan fingerprint density at radius 2 is 1.17 bits per heavy atom. The van der Waals surface area contributed by atoms with Gasteiger partial charge in [0, 0.05) is 19.4 Å². The lowest BCUT2D eigenvalue weighted by molar-refractivity contribution is -0.137. The molecule has 4 aromatic carbocycles. The van der Waals surface area contributed by atoms with E-state index >= 15 is 0 Å². The first-order valence-corrected chi connectivity index (χ1v) is 15.3. The highest BCUT2D eigenvalue weighted by atomic mass is 31.2. The van der Waals surface area contributed by atoms with Gasteiger partial charge in [0.05, 0.1) is 12.5 Å². The predicted octanol–water partition coefficient (Wildman–Crippen LogP) is 4.80. The van der Waals surface area contributed by atoms with Gasteiger partial charge in [-0.05, 0) is 34.2 Å². The summed E-state index contributed by atoms with van der Waals surface area (Å²) in [5.41, 5.74) is 4.20. The number of carboxylic acid groups (broad SMARTS) is 1. The van der Waals surface area contributed by atoms with Gasteiger partial charge < -0.3 is 20.2 Å². The van der Waals surface area contributed by atoms with Crippen LogP contribution >= 0.6 is 7.60 Å². The fourth-order valence-electron chi connectivity index (χ4n) is 4.97. The summed E-state index contributed by atoms with van der Waals surface area (Å²) in [6.07, 6.45) is -0.237. The topological polar surface area (TPSA) is 136 Å². The Bertz CT molecular complexity index is 1450. The van der Waals surface area contributed by atoms with Gasteiger partial charge in [0.2, 0.25) is 5.91 Å². The third-order valence-corrected chi connectivity index (χ3v) is 8.70. The van der Waals surface area contributed by atoms with Crippen LogP contribution < -0.4 is 10.6 Å². The molecule has 1 atom stereocenters. The van der Waals surface area contributed by atoms with Crippen molar-refractivity contribution in [2.75, 3.05) is 6.54 Å². The van der Waals surface area contributed by atoms with Crippen molar-refractivity contribution in [1.82, 2.24) is 10.6 Å². The highest BCUT2D eigenvalue weighted by Gasteiger charge is 2.49. The van der Waals surface area contributed by atoms with Gasteiger partial charge >= 0.3 is 13.6 Å². The van der Waals surface area contributed by atoms with Crippen molar-refractivity contribution in [3.63, 3.8) is 0 Å². The van der Waals surface area contributed by atoms with Crippen molar-refractivity contribution in [1.29, 1.82) is 0 Å². The van der Waals surface area contributed by atoms with Crippen molar-refractivity contribution < 1.29 is 29.0 Å². The third-order valence-electron chi connectivity index (χ3n) is 7.13. The predicted molar refractivity (Wildman–Crippen MR) is 163 cm³/mol. The van der Waals surface area contributed by atoms with Gasteiger partial charge in [0.25, 0.3) is 0 Å². The first-order chi connectivity index (χ1) is 20.1. The Kier molecular flexibility index (Phi) is 10.4. The molecule has 9 heteroatoms. The molecule has 5 N–H and O–H groups in total. The van der Waals surface area contributed by atoms with Crippen LogP contribution in [-0.4, -0.2) is 44.6 Å². The Morgan fingerprint density at radius 1 is 0.690 bits per heavy atom. The van der Waals surface area contributed by atoms with Crippen LogP contribution in [0.25, 0.3) is 11.1 Å². The number of amides is 1. The van der Waals surface area contributed by atoms with E-state index in [0.717, 1.165) is 16.7 Å². The second-order valence-electron chi connectivity index (χ2n) is 10.3. The second-order valence-corrected chi connectivity index (χ2v) is 12.2. The Balaban J connectivity index is 1.70. The maximum Gasteiger partial charge on any atom is 0.346 e. The number of carbonyl (C=O) groups is 2. The summed E-state index contributed by atoms with van der Waals surface area (Å²) < 4.78 is 13.4. The molecular weight excluding hydrogens is 551 g/mol. The quantitative estimate of drug-likeness (QED) is 0.134. The van der Waals surface area contributed by atoms with Gasteiger partial charge in [-0.3, -0.25) is 19.5 Å². The van der Waals surface area contributed by atoms with Gasteiger partial charge in [-0.1, -0.05) is 115 Å². The number of rotatable bonds is 14. The summed E-state index contributed by atoms with van der Waals surface area (Å²) in [4.78, 5) is 46.4. The maximum atomic E-state index is 13.5. The summed E-state index contributed by atoms with van der Waals surface area (Å²) in [7, 11) is -4.91. The van der Waals surface area contributed by atoms with E-state index in [1.54, 1.807) is 48.5 Å². The minimum Gasteiger partial charge on any atom is -0.481 e. The molecule has 0 saturated carbocycles. The second kappa shape index (κ2) is 14.2. The van der Waals surface area contributed by atoms with Crippen molar-refractivity contribution >= 4 is 19.5 Å². The van der Waals surface area contributed by atoms with Crippen LogP contribution in [0.3, 0.4) is 0 Å². The lowest BCUT2D eigenvalue weighted by Crippen LogP contribution is -2.58. The van der Waals surface area contributed by atoms with E-state index in [1.807, 2.05) is 66.7 Å². The van der Waals surface area contributed by atoms with Gasteiger partial charge in [-0.15, -0.1) is 0 Å². The maximum absolute atomic E-state index is 13.5. The average Bonchev–Trinajstić information content (AvgIpc) is 2.98. The van der Waals surface area contributed by atoms with Crippen LogP contribution in [0.5, 0.6) is 0 Å². The van der Waals surface area contributed by atoms with Crippen LogP contribution in [-0.2, 0) is 33.4 Å². The third kappa shape index (κ3) is 8.47. The van der Waals surface area contributed by atoms with Gasteiger partial charge in [-0.25, -0.2) is 0 Å². The molecule has 0 aliphatic heterocycles. The smallest absolute Gasteiger partial charge is 0.346 e. The fourth-order valence-corrected chi connectivity index (χ4v) is 6.07. The molecule has 0 aliphatic rings. The molecule has 8 nitrogen and oxygen atoms in total. The highest BCUT2D eigenvalue weighted by molar-refractivity contribution is 7.53. The summed E-state index contributed by atoms with van der Waals surface area (Å²) in [6.45, 7) is -0.112. The molecule has 0 heterocycles. The molecular formula is C33H35N2O6P. The standard InChI is InChI=1S/C33H35N2O6P/c36-31(37)20-21-34-32(38)30(22-25-16-18-29(19-17-25)28-14-8-3-9-15-28)35-33(42(39,40)41,23-26-10-4-1-5-11-26)24-27-12-6-2-7-13-27/h1-19,30,35H,20-24H2,(H,34,38)(H,36,37)(H2,39,40,41). The number of aliphatic carboxylic acids is 1. The van der Waals surface area contributed by atoms with Crippen molar-refractivity contribution in [2.45, 2.75) is 37.0 Å². The number of hydrogen-bond acceptors (Lipinski definition) is 4. The van der Waals surface area contributed by atoms with Gasteiger partial charge in [-0.2, -0.15) is 0 Å². The minimum atomic E-state index is -4.91. The van der Waals surface area contributed by atoms with Crippen LogP contribution in [0, 0.1) is 0 Å². The Labute approximate surface area is 245 Å². The molecule has 4 aromatic rings. The Hall–Kier alpha value is -4.07. The number of hydrogen-bond donors (Lipinski definition) is 5. The normalized spacial score (nSPS) is 12.4. The molecule has 1 amide bonds. The summed E-state index contributed by atoms with van der Waals surface area (Å²) in [5, 5.41) is 13.0. The minimum absolute atomic E-state index is 0.0428. The monoisotopic (exact) mass is 586 g/mol. The molecule has 4 rings (SSSR count). The van der Waals surface area contributed by atoms with E-state index in [9.17, 15) is 23.9 Å². The van der Waals surface area contributed by atoms with Crippen LogP contribution in [0.15, 0.2) is 115 Å². The molecule has 1 unspecified atom stereocenters. The van der Waals surface area contributed by atoms with Gasteiger partial charge in [0.1, 0.15) is 5.28 Å². The molecule has 218 valence electrons. The average molecular weight is 587 g/mol. The van der Waals surface area contributed by atoms with Crippen molar-refractivity contribution in [3.8, 4) is 11.1 Å². The number of benzene rings is 4. The van der Waals surface area contributed by atoms with Crippen molar-refractivity contribution in [3.05, 3.63) is 132 Å². The molecule has 0 radical (unpaired) electrons. The van der Waals surface area contributed by atoms with E-state index in [0.29, 0.717) is 11.1 Å². The molecule has 0 spiro atoms. The Morgan fingerprint density at radius 3 is 1.64 bits per heavy atom. The first-order valence-electron chi connectivity index (χ1n) is 13.7. The van der Waals surface area contributed by atoms with E-state index in [4.69, 9.17) is 5.11 Å². The molecule has 0 aliphatic carbocycles. The van der Waals surface area contributed by atoms with Crippen LogP contribution in [0.2, 0.25) is 0 Å². The first kappa shape index (κ1) is 30.9. The summed E-state index contributed by atoms with van der Waals surface area (Å²) in [6, 6.07) is 34.4. The number of nitrogens with one attached hydrogen (secondary N) is 2. The molecule has 42 heavy (non-hydrogen) atoms. The van der Waals surface area contributed by atoms with E-state index in [1.165, 1.54) is 0 Å². The SMILES string of the molecule is O=C(O)CCNC(=O)C(Cc1ccc(-c2ccccc2)cc1)NC(Cc1ccccc1)(Cc1ccccc1)P(=O)(O)O. The summed E-state index contributed by atoms with van der Waals surface area (Å²) >= 11 is 0. The molecule has 0 aromatic heterocycles. The zero-order valence-electron chi connectivity index (χ0n) is 23.1. The van der Waals surface area contributed by atoms with E-state index < -0.39 is 30.8 Å². The summed E-state index contributed by atoms with van der Waals surface area (Å²) in [5.74, 6) is -1.60. The number of carboxylic acids is 1.